The first-order chi connectivity index (χ1) is 8.71. The third kappa shape index (κ3) is 4.92. The molecular weight excluding hydrogens is 240 g/mol. The second-order valence-electron chi connectivity index (χ2n) is 4.75. The Hall–Kier alpha value is -0.643. The lowest BCUT2D eigenvalue weighted by atomic mass is 9.94. The van der Waals surface area contributed by atoms with Crippen molar-refractivity contribution in [2.75, 3.05) is 14.2 Å². The summed E-state index contributed by atoms with van der Waals surface area (Å²) in [6, 6.07) is 9.83. The Labute approximate surface area is 113 Å². The van der Waals surface area contributed by atoms with Crippen LogP contribution in [0.15, 0.2) is 24.3 Å². The van der Waals surface area contributed by atoms with Gasteiger partial charge in [0.05, 0.1) is 0 Å². The van der Waals surface area contributed by atoms with Crippen molar-refractivity contribution in [1.29, 1.82) is 0 Å². The van der Waals surface area contributed by atoms with Crippen molar-refractivity contribution in [3.8, 4) is 0 Å². The summed E-state index contributed by atoms with van der Waals surface area (Å²) in [4.78, 5) is 0. The van der Waals surface area contributed by atoms with Gasteiger partial charge in [-0.3, -0.25) is 0 Å². The summed E-state index contributed by atoms with van der Waals surface area (Å²) >= 11 is 0. The second-order valence-corrected chi connectivity index (χ2v) is 6.81. The van der Waals surface area contributed by atoms with Gasteiger partial charge >= 0.3 is 9.28 Å². The standard InChI is InChI=1S/C15H25O2Si/c1-5-14-8-6-7-9-15(14)12-13(2)10-11-18(16-3)17-4/h6-9,13H,5,10-12H2,1-4H3. The Kier molecular flexibility index (Phi) is 7.24. The number of rotatable bonds is 8. The molecule has 1 radical (unpaired) electrons. The Morgan fingerprint density at radius 3 is 2.28 bits per heavy atom. The Balaban J connectivity index is 2.46. The van der Waals surface area contributed by atoms with Gasteiger partial charge in [0.15, 0.2) is 0 Å². The summed E-state index contributed by atoms with van der Waals surface area (Å²) in [5.41, 5.74) is 2.98. The van der Waals surface area contributed by atoms with Gasteiger partial charge in [-0.15, -0.1) is 0 Å². The first-order valence-electron chi connectivity index (χ1n) is 6.71. The fourth-order valence-electron chi connectivity index (χ4n) is 2.23. The molecule has 0 aromatic heterocycles. The van der Waals surface area contributed by atoms with Gasteiger partial charge in [0.1, 0.15) is 0 Å². The van der Waals surface area contributed by atoms with E-state index in [0.717, 1.165) is 18.9 Å². The Morgan fingerprint density at radius 1 is 1.11 bits per heavy atom. The minimum absolute atomic E-state index is 0.683. The van der Waals surface area contributed by atoms with Crippen LogP contribution in [0.4, 0.5) is 0 Å². The normalized spacial score (nSPS) is 12.9. The van der Waals surface area contributed by atoms with E-state index < -0.39 is 9.28 Å². The lowest BCUT2D eigenvalue weighted by Gasteiger charge is -2.16. The van der Waals surface area contributed by atoms with Crippen LogP contribution in [0.3, 0.4) is 0 Å². The molecule has 1 atom stereocenters. The van der Waals surface area contributed by atoms with Gasteiger partial charge in [-0.1, -0.05) is 38.1 Å². The van der Waals surface area contributed by atoms with Crippen LogP contribution >= 0.6 is 0 Å². The van der Waals surface area contributed by atoms with Gasteiger partial charge in [0.2, 0.25) is 0 Å². The van der Waals surface area contributed by atoms with Crippen molar-refractivity contribution in [2.45, 2.75) is 39.2 Å². The number of aryl methyl sites for hydroxylation is 1. The zero-order valence-corrected chi connectivity index (χ0v) is 13.0. The quantitative estimate of drug-likeness (QED) is 0.669. The molecule has 0 aliphatic rings. The van der Waals surface area contributed by atoms with Crippen molar-refractivity contribution < 1.29 is 8.85 Å². The maximum Gasteiger partial charge on any atom is 0.384 e. The Morgan fingerprint density at radius 2 is 1.72 bits per heavy atom. The van der Waals surface area contributed by atoms with Crippen LogP contribution in [-0.4, -0.2) is 23.5 Å². The minimum atomic E-state index is -1.03. The first-order valence-corrected chi connectivity index (χ1v) is 8.24. The molecule has 18 heavy (non-hydrogen) atoms. The SMILES string of the molecule is CCc1ccccc1CC(C)CC[Si](OC)OC. The summed E-state index contributed by atoms with van der Waals surface area (Å²) < 4.78 is 10.6. The van der Waals surface area contributed by atoms with Gasteiger partial charge in [0, 0.05) is 14.2 Å². The summed E-state index contributed by atoms with van der Waals surface area (Å²) in [5.74, 6) is 0.683. The minimum Gasteiger partial charge on any atom is -0.397 e. The molecule has 1 rings (SSSR count). The summed E-state index contributed by atoms with van der Waals surface area (Å²) in [6.07, 6.45) is 3.45. The largest absolute Gasteiger partial charge is 0.397 e. The fourth-order valence-corrected chi connectivity index (χ4v) is 3.53. The van der Waals surface area contributed by atoms with E-state index in [4.69, 9.17) is 8.85 Å². The highest BCUT2D eigenvalue weighted by atomic mass is 28.3. The van der Waals surface area contributed by atoms with Crippen LogP contribution in [0, 0.1) is 5.92 Å². The van der Waals surface area contributed by atoms with Gasteiger partial charge in [0.25, 0.3) is 0 Å². The van der Waals surface area contributed by atoms with Crippen LogP contribution < -0.4 is 0 Å². The molecule has 2 nitrogen and oxygen atoms in total. The predicted octanol–water partition coefficient (Wildman–Crippen LogP) is 3.60. The summed E-state index contributed by atoms with van der Waals surface area (Å²) in [6.45, 7) is 4.54. The molecular formula is C15H25O2Si. The first kappa shape index (κ1) is 15.4. The average Bonchev–Trinajstić information content (AvgIpc) is 2.40. The molecule has 0 amide bonds. The molecule has 3 heteroatoms. The lowest BCUT2D eigenvalue weighted by Crippen LogP contribution is -2.19. The van der Waals surface area contributed by atoms with Crippen LogP contribution in [-0.2, 0) is 21.7 Å². The highest BCUT2D eigenvalue weighted by Crippen LogP contribution is 2.18. The molecule has 0 heterocycles. The van der Waals surface area contributed by atoms with Crippen molar-refractivity contribution in [3.05, 3.63) is 35.4 Å². The number of hydrogen-bond donors (Lipinski definition) is 0. The molecule has 1 aromatic carbocycles. The third-order valence-corrected chi connectivity index (χ3v) is 4.97. The smallest absolute Gasteiger partial charge is 0.384 e. The maximum absolute atomic E-state index is 5.32. The van der Waals surface area contributed by atoms with Crippen molar-refractivity contribution >= 4 is 9.28 Å². The van der Waals surface area contributed by atoms with E-state index in [1.807, 2.05) is 0 Å². The van der Waals surface area contributed by atoms with E-state index in [0.29, 0.717) is 5.92 Å². The van der Waals surface area contributed by atoms with Gasteiger partial charge in [-0.25, -0.2) is 0 Å². The molecule has 1 unspecified atom stereocenters. The molecule has 0 N–H and O–H groups in total. The lowest BCUT2D eigenvalue weighted by molar-refractivity contribution is 0.274. The molecule has 0 aliphatic heterocycles. The average molecular weight is 265 g/mol. The van der Waals surface area contributed by atoms with E-state index in [-0.39, 0.29) is 0 Å². The molecule has 101 valence electrons. The molecule has 0 bridgehead atoms. The van der Waals surface area contributed by atoms with Crippen LogP contribution in [0.1, 0.15) is 31.4 Å². The molecule has 1 aromatic rings. The molecule has 0 spiro atoms. The molecule has 0 saturated heterocycles. The van der Waals surface area contributed by atoms with Crippen LogP contribution in [0.25, 0.3) is 0 Å². The van der Waals surface area contributed by atoms with Crippen LogP contribution in [0.5, 0.6) is 0 Å². The number of benzene rings is 1. The van der Waals surface area contributed by atoms with Crippen molar-refractivity contribution in [2.24, 2.45) is 5.92 Å². The van der Waals surface area contributed by atoms with E-state index >= 15 is 0 Å². The van der Waals surface area contributed by atoms with E-state index in [1.165, 1.54) is 17.5 Å². The van der Waals surface area contributed by atoms with Crippen LogP contribution in [0.2, 0.25) is 6.04 Å². The highest BCUT2D eigenvalue weighted by molar-refractivity contribution is 6.44. The molecule has 0 aliphatic carbocycles. The van der Waals surface area contributed by atoms with E-state index in [2.05, 4.69) is 38.1 Å². The topological polar surface area (TPSA) is 18.5 Å². The Bertz CT molecular complexity index is 337. The fraction of sp³-hybridized carbons (Fsp3) is 0.600. The highest BCUT2D eigenvalue weighted by Gasteiger charge is 2.14. The second kappa shape index (κ2) is 8.46. The van der Waals surface area contributed by atoms with E-state index in [1.54, 1.807) is 14.2 Å². The predicted molar refractivity (Wildman–Crippen MR) is 77.9 cm³/mol. The van der Waals surface area contributed by atoms with Crippen molar-refractivity contribution in [1.82, 2.24) is 0 Å². The molecule has 0 fully saturated rings. The molecule has 0 saturated carbocycles. The van der Waals surface area contributed by atoms with Crippen molar-refractivity contribution in [3.63, 3.8) is 0 Å². The van der Waals surface area contributed by atoms with Gasteiger partial charge in [-0.05, 0) is 42.4 Å². The van der Waals surface area contributed by atoms with Gasteiger partial charge in [-0.2, -0.15) is 0 Å². The zero-order chi connectivity index (χ0) is 13.4. The third-order valence-electron chi connectivity index (χ3n) is 3.36. The number of hydrogen-bond acceptors (Lipinski definition) is 2. The summed E-state index contributed by atoms with van der Waals surface area (Å²) in [5, 5.41) is 0. The summed E-state index contributed by atoms with van der Waals surface area (Å²) in [7, 11) is 2.46. The monoisotopic (exact) mass is 265 g/mol. The van der Waals surface area contributed by atoms with Gasteiger partial charge < -0.3 is 8.85 Å². The van der Waals surface area contributed by atoms with E-state index in [9.17, 15) is 0 Å². The zero-order valence-electron chi connectivity index (χ0n) is 12.0. The maximum atomic E-state index is 5.32.